The molecule has 1 amide bonds. The van der Waals surface area contributed by atoms with Gasteiger partial charge in [-0.3, -0.25) is 14.9 Å². The monoisotopic (exact) mass is 314 g/mol. The van der Waals surface area contributed by atoms with Gasteiger partial charge in [-0.15, -0.1) is 0 Å². The van der Waals surface area contributed by atoms with Gasteiger partial charge >= 0.3 is 0 Å². The summed E-state index contributed by atoms with van der Waals surface area (Å²) in [5.74, 6) is -0.295. The maximum absolute atomic E-state index is 11.8. The molecule has 6 nitrogen and oxygen atoms in total. The van der Waals surface area contributed by atoms with E-state index in [-0.39, 0.29) is 22.7 Å². The van der Waals surface area contributed by atoms with Crippen LogP contribution in [-0.4, -0.2) is 30.1 Å². The largest absolute Gasteiger partial charge is 0.379 e. The van der Waals surface area contributed by atoms with Crippen molar-refractivity contribution in [3.8, 4) is 0 Å². The fourth-order valence-corrected chi connectivity index (χ4v) is 1.90. The number of nitrogens with one attached hydrogen (secondary N) is 1. The van der Waals surface area contributed by atoms with Gasteiger partial charge in [0.1, 0.15) is 5.02 Å². The Bertz CT molecular complexity index is 506. The fraction of sp³-hybridized carbons (Fsp3) is 0.500. The summed E-state index contributed by atoms with van der Waals surface area (Å²) in [6.07, 6.45) is 1.88. The van der Waals surface area contributed by atoms with E-state index in [4.69, 9.17) is 16.3 Å². The van der Waals surface area contributed by atoms with Crippen molar-refractivity contribution < 1.29 is 14.5 Å². The van der Waals surface area contributed by atoms with Gasteiger partial charge in [-0.05, 0) is 38.8 Å². The molecule has 0 spiro atoms. The van der Waals surface area contributed by atoms with Crippen LogP contribution >= 0.6 is 11.6 Å². The number of amides is 1. The first-order valence-electron chi connectivity index (χ1n) is 6.75. The van der Waals surface area contributed by atoms with Crippen LogP contribution in [0.2, 0.25) is 5.02 Å². The van der Waals surface area contributed by atoms with Gasteiger partial charge in [0.05, 0.1) is 11.0 Å². The first-order valence-corrected chi connectivity index (χ1v) is 7.13. The lowest BCUT2D eigenvalue weighted by atomic mass is 10.2. The zero-order valence-corrected chi connectivity index (χ0v) is 12.9. The average Bonchev–Trinajstić information content (AvgIpc) is 2.41. The van der Waals surface area contributed by atoms with Crippen LogP contribution in [0.4, 0.5) is 5.69 Å². The number of carbonyl (C=O) groups excluding carboxylic acids is 1. The van der Waals surface area contributed by atoms with Crippen molar-refractivity contribution in [3.63, 3.8) is 0 Å². The Morgan fingerprint density at radius 3 is 2.71 bits per heavy atom. The highest BCUT2D eigenvalue weighted by atomic mass is 35.5. The van der Waals surface area contributed by atoms with E-state index in [1.54, 1.807) is 0 Å². The van der Waals surface area contributed by atoms with Gasteiger partial charge in [-0.25, -0.2) is 0 Å². The third-order valence-corrected chi connectivity index (χ3v) is 3.02. The van der Waals surface area contributed by atoms with Crippen molar-refractivity contribution in [1.29, 1.82) is 0 Å². The molecule has 1 N–H and O–H groups in total. The van der Waals surface area contributed by atoms with E-state index in [2.05, 4.69) is 5.32 Å². The van der Waals surface area contributed by atoms with Crippen molar-refractivity contribution >= 4 is 23.2 Å². The van der Waals surface area contributed by atoms with Gasteiger partial charge < -0.3 is 10.1 Å². The van der Waals surface area contributed by atoms with Gasteiger partial charge in [0.25, 0.3) is 11.6 Å². The van der Waals surface area contributed by atoms with Crippen LogP contribution in [0.15, 0.2) is 18.2 Å². The first-order chi connectivity index (χ1) is 9.91. The van der Waals surface area contributed by atoms with Gasteiger partial charge in [0, 0.05) is 24.8 Å². The van der Waals surface area contributed by atoms with E-state index in [0.29, 0.717) is 18.7 Å². The lowest BCUT2D eigenvalue weighted by molar-refractivity contribution is -0.384. The number of unbranched alkanes of at least 4 members (excludes halogenated alkanes) is 1. The summed E-state index contributed by atoms with van der Waals surface area (Å²) in [5, 5.41) is 13.3. The minimum atomic E-state index is -0.585. The Labute approximate surface area is 128 Å². The Kier molecular flexibility index (Phi) is 7.11. The van der Waals surface area contributed by atoms with Gasteiger partial charge in [-0.1, -0.05) is 11.6 Å². The topological polar surface area (TPSA) is 81.5 Å². The summed E-state index contributed by atoms with van der Waals surface area (Å²) in [4.78, 5) is 21.9. The Morgan fingerprint density at radius 2 is 2.14 bits per heavy atom. The number of halogens is 1. The Balaban J connectivity index is 2.39. The number of hydrogen-bond acceptors (Lipinski definition) is 4. The summed E-state index contributed by atoms with van der Waals surface area (Å²) in [5.41, 5.74) is 0.100. The highest BCUT2D eigenvalue weighted by molar-refractivity contribution is 6.33. The average molecular weight is 315 g/mol. The van der Waals surface area contributed by atoms with Crippen molar-refractivity contribution in [2.75, 3.05) is 13.2 Å². The smallest absolute Gasteiger partial charge is 0.287 e. The second-order valence-electron chi connectivity index (χ2n) is 4.81. The number of nitrogens with zero attached hydrogens (tertiary/aromatic N) is 1. The van der Waals surface area contributed by atoms with Gasteiger partial charge in [0.2, 0.25) is 0 Å². The second-order valence-corrected chi connectivity index (χ2v) is 5.21. The lowest BCUT2D eigenvalue weighted by Crippen LogP contribution is -2.24. The summed E-state index contributed by atoms with van der Waals surface area (Å²) in [6, 6.07) is 3.92. The van der Waals surface area contributed by atoms with Crippen molar-refractivity contribution in [2.24, 2.45) is 0 Å². The van der Waals surface area contributed by atoms with E-state index in [1.165, 1.54) is 18.2 Å². The molecule has 0 bridgehead atoms. The SMILES string of the molecule is CC(C)OCCCCNC(=O)c1ccc([N+](=O)[O-])c(Cl)c1. The van der Waals surface area contributed by atoms with Crippen LogP contribution in [0, 0.1) is 10.1 Å². The normalized spacial score (nSPS) is 10.7. The first kappa shape index (κ1) is 17.4. The number of rotatable bonds is 8. The second kappa shape index (κ2) is 8.59. The quantitative estimate of drug-likeness (QED) is 0.454. The number of nitro groups is 1. The van der Waals surface area contributed by atoms with E-state index >= 15 is 0 Å². The van der Waals surface area contributed by atoms with E-state index in [1.807, 2.05) is 13.8 Å². The molecule has 0 aliphatic rings. The van der Waals surface area contributed by atoms with Crippen molar-refractivity contribution in [2.45, 2.75) is 32.8 Å². The van der Waals surface area contributed by atoms with Crippen LogP contribution < -0.4 is 5.32 Å². The predicted octanol–water partition coefficient (Wildman–Crippen LogP) is 3.18. The Morgan fingerprint density at radius 1 is 1.43 bits per heavy atom. The maximum Gasteiger partial charge on any atom is 0.287 e. The minimum absolute atomic E-state index is 0.0435. The third-order valence-electron chi connectivity index (χ3n) is 2.71. The number of carbonyl (C=O) groups is 1. The fourth-order valence-electron chi connectivity index (χ4n) is 1.65. The van der Waals surface area contributed by atoms with Crippen LogP contribution in [0.25, 0.3) is 0 Å². The van der Waals surface area contributed by atoms with E-state index in [0.717, 1.165) is 12.8 Å². The molecule has 0 aliphatic carbocycles. The van der Waals surface area contributed by atoms with Crippen molar-refractivity contribution in [1.82, 2.24) is 5.32 Å². The molecule has 0 atom stereocenters. The molecule has 21 heavy (non-hydrogen) atoms. The molecular formula is C14H19ClN2O4. The molecule has 0 aliphatic heterocycles. The van der Waals surface area contributed by atoms with Crippen LogP contribution in [0.5, 0.6) is 0 Å². The number of benzene rings is 1. The standard InChI is InChI=1S/C14H19ClN2O4/c1-10(2)21-8-4-3-7-16-14(18)11-5-6-13(17(19)20)12(15)9-11/h5-6,9-10H,3-4,7-8H2,1-2H3,(H,16,18). The molecule has 0 heterocycles. The van der Waals surface area contributed by atoms with Crippen molar-refractivity contribution in [3.05, 3.63) is 38.9 Å². The maximum atomic E-state index is 11.8. The molecule has 0 unspecified atom stereocenters. The molecule has 7 heteroatoms. The molecule has 116 valence electrons. The summed E-state index contributed by atoms with van der Waals surface area (Å²) >= 11 is 5.76. The van der Waals surface area contributed by atoms with E-state index < -0.39 is 4.92 Å². The van der Waals surface area contributed by atoms with Gasteiger partial charge in [0.15, 0.2) is 0 Å². The predicted molar refractivity (Wildman–Crippen MR) is 80.8 cm³/mol. The van der Waals surface area contributed by atoms with E-state index in [9.17, 15) is 14.9 Å². The highest BCUT2D eigenvalue weighted by Gasteiger charge is 2.14. The zero-order chi connectivity index (χ0) is 15.8. The minimum Gasteiger partial charge on any atom is -0.379 e. The highest BCUT2D eigenvalue weighted by Crippen LogP contribution is 2.24. The summed E-state index contributed by atoms with van der Waals surface area (Å²) in [6.45, 7) is 5.13. The molecule has 0 saturated heterocycles. The van der Waals surface area contributed by atoms with Gasteiger partial charge in [-0.2, -0.15) is 0 Å². The molecular weight excluding hydrogens is 296 g/mol. The number of nitro benzene ring substituents is 1. The molecule has 1 aromatic rings. The molecule has 0 fully saturated rings. The molecule has 0 aromatic heterocycles. The lowest BCUT2D eigenvalue weighted by Gasteiger charge is -2.08. The summed E-state index contributed by atoms with van der Waals surface area (Å²) in [7, 11) is 0. The zero-order valence-electron chi connectivity index (χ0n) is 12.1. The van der Waals surface area contributed by atoms with Crippen LogP contribution in [-0.2, 0) is 4.74 Å². The Hall–Kier alpha value is -1.66. The molecule has 0 saturated carbocycles. The molecule has 0 radical (unpaired) electrons. The summed E-state index contributed by atoms with van der Waals surface area (Å²) < 4.78 is 5.39. The third kappa shape index (κ3) is 6.10. The number of ether oxygens (including phenoxy) is 1. The van der Waals surface area contributed by atoms with Crippen LogP contribution in [0.1, 0.15) is 37.0 Å². The molecule has 1 rings (SSSR count). The molecule has 1 aromatic carbocycles. The van der Waals surface area contributed by atoms with Crippen LogP contribution in [0.3, 0.4) is 0 Å². The number of hydrogen-bond donors (Lipinski definition) is 1.